The summed E-state index contributed by atoms with van der Waals surface area (Å²) in [6, 6.07) is 14.5. The fraction of sp³-hybridized carbons (Fsp3) is 0.0625. The Kier molecular flexibility index (Phi) is 4.16. The quantitative estimate of drug-likeness (QED) is 0.778. The standard InChI is InChI=1S/C16H13ClN4O/c17-12-6-4-11(5-7-12)14-9-15(21-20-14)16(22)19-10-13-3-1-2-8-18-13/h1-9H,10H2,(H,19,22)(H,20,21). The van der Waals surface area contributed by atoms with Crippen LogP contribution in [0.5, 0.6) is 0 Å². The predicted octanol–water partition coefficient (Wildman–Crippen LogP) is 3.06. The Labute approximate surface area is 132 Å². The van der Waals surface area contributed by atoms with Crippen molar-refractivity contribution in [1.82, 2.24) is 20.5 Å². The van der Waals surface area contributed by atoms with Gasteiger partial charge in [0.2, 0.25) is 0 Å². The molecule has 0 radical (unpaired) electrons. The minimum Gasteiger partial charge on any atom is -0.345 e. The molecule has 3 aromatic rings. The molecule has 0 saturated carbocycles. The maximum atomic E-state index is 12.1. The van der Waals surface area contributed by atoms with Crippen LogP contribution in [0.15, 0.2) is 54.7 Å². The van der Waals surface area contributed by atoms with E-state index in [1.165, 1.54) is 0 Å². The van der Waals surface area contributed by atoms with E-state index in [0.717, 1.165) is 11.3 Å². The van der Waals surface area contributed by atoms with E-state index >= 15 is 0 Å². The van der Waals surface area contributed by atoms with Gasteiger partial charge in [-0.15, -0.1) is 0 Å². The zero-order chi connectivity index (χ0) is 15.4. The lowest BCUT2D eigenvalue weighted by Gasteiger charge is -2.02. The molecule has 110 valence electrons. The Balaban J connectivity index is 1.68. The van der Waals surface area contributed by atoms with Crippen LogP contribution >= 0.6 is 11.6 Å². The number of nitrogens with zero attached hydrogens (tertiary/aromatic N) is 2. The smallest absolute Gasteiger partial charge is 0.269 e. The first-order valence-electron chi connectivity index (χ1n) is 6.72. The minimum absolute atomic E-state index is 0.224. The van der Waals surface area contributed by atoms with Gasteiger partial charge in [-0.2, -0.15) is 5.10 Å². The Hall–Kier alpha value is -2.66. The van der Waals surface area contributed by atoms with E-state index in [1.807, 2.05) is 30.3 Å². The summed E-state index contributed by atoms with van der Waals surface area (Å²) in [6.07, 6.45) is 1.69. The van der Waals surface area contributed by atoms with Crippen molar-refractivity contribution < 1.29 is 4.79 Å². The van der Waals surface area contributed by atoms with E-state index in [1.54, 1.807) is 24.4 Å². The van der Waals surface area contributed by atoms with Crippen molar-refractivity contribution in [1.29, 1.82) is 0 Å². The zero-order valence-electron chi connectivity index (χ0n) is 11.6. The molecule has 6 heteroatoms. The molecule has 0 spiro atoms. The minimum atomic E-state index is -0.224. The van der Waals surface area contributed by atoms with Crippen molar-refractivity contribution in [2.75, 3.05) is 0 Å². The number of pyridine rings is 1. The van der Waals surface area contributed by atoms with Gasteiger partial charge < -0.3 is 5.32 Å². The topological polar surface area (TPSA) is 70.7 Å². The van der Waals surface area contributed by atoms with E-state index in [0.29, 0.717) is 23.0 Å². The molecular weight excluding hydrogens is 300 g/mol. The number of carbonyl (C=O) groups excluding carboxylic acids is 1. The highest BCUT2D eigenvalue weighted by atomic mass is 35.5. The summed E-state index contributed by atoms with van der Waals surface area (Å²) in [7, 11) is 0. The molecule has 0 unspecified atom stereocenters. The third-order valence-corrected chi connectivity index (χ3v) is 3.37. The Bertz CT molecular complexity index is 768. The second-order valence-electron chi connectivity index (χ2n) is 4.68. The van der Waals surface area contributed by atoms with Crippen LogP contribution in [0.2, 0.25) is 5.02 Å². The zero-order valence-corrected chi connectivity index (χ0v) is 12.3. The number of hydrogen-bond donors (Lipinski definition) is 2. The van der Waals surface area contributed by atoms with Gasteiger partial charge in [0.25, 0.3) is 5.91 Å². The fourth-order valence-electron chi connectivity index (χ4n) is 1.98. The molecule has 1 aromatic carbocycles. The summed E-state index contributed by atoms with van der Waals surface area (Å²) in [5, 5.41) is 10.3. The van der Waals surface area contributed by atoms with E-state index in [-0.39, 0.29) is 5.91 Å². The van der Waals surface area contributed by atoms with Crippen LogP contribution in [0, 0.1) is 0 Å². The third-order valence-electron chi connectivity index (χ3n) is 3.12. The van der Waals surface area contributed by atoms with E-state index < -0.39 is 0 Å². The first-order valence-corrected chi connectivity index (χ1v) is 7.09. The molecule has 2 N–H and O–H groups in total. The molecule has 0 aliphatic carbocycles. The fourth-order valence-corrected chi connectivity index (χ4v) is 2.10. The number of aromatic nitrogens is 3. The number of rotatable bonds is 4. The van der Waals surface area contributed by atoms with E-state index in [9.17, 15) is 4.79 Å². The first-order chi connectivity index (χ1) is 10.7. The van der Waals surface area contributed by atoms with Gasteiger partial charge in [-0.3, -0.25) is 14.9 Å². The molecule has 2 heterocycles. The summed E-state index contributed by atoms with van der Waals surface area (Å²) >= 11 is 5.86. The van der Waals surface area contributed by atoms with E-state index in [4.69, 9.17) is 11.6 Å². The number of nitrogens with one attached hydrogen (secondary N) is 2. The molecule has 22 heavy (non-hydrogen) atoms. The summed E-state index contributed by atoms with van der Waals surface area (Å²) < 4.78 is 0. The van der Waals surface area contributed by atoms with Crippen LogP contribution in [0.25, 0.3) is 11.3 Å². The largest absolute Gasteiger partial charge is 0.345 e. The molecule has 0 aliphatic rings. The number of halogens is 1. The van der Waals surface area contributed by atoms with Gasteiger partial charge in [0.1, 0.15) is 5.69 Å². The van der Waals surface area contributed by atoms with Crippen molar-refractivity contribution >= 4 is 17.5 Å². The Morgan fingerprint density at radius 3 is 2.73 bits per heavy atom. The second-order valence-corrected chi connectivity index (χ2v) is 5.11. The maximum absolute atomic E-state index is 12.1. The molecular formula is C16H13ClN4O. The molecule has 0 aliphatic heterocycles. The Morgan fingerprint density at radius 1 is 1.18 bits per heavy atom. The number of benzene rings is 1. The molecule has 0 atom stereocenters. The molecule has 0 fully saturated rings. The van der Waals surface area contributed by atoms with Gasteiger partial charge in [0.15, 0.2) is 0 Å². The highest BCUT2D eigenvalue weighted by molar-refractivity contribution is 6.30. The summed E-state index contributed by atoms with van der Waals surface area (Å²) in [5.41, 5.74) is 2.79. The number of amides is 1. The van der Waals surface area contributed by atoms with Gasteiger partial charge in [-0.05, 0) is 30.3 Å². The van der Waals surface area contributed by atoms with Gasteiger partial charge in [-0.1, -0.05) is 29.8 Å². The number of aromatic amines is 1. The lowest BCUT2D eigenvalue weighted by Crippen LogP contribution is -2.23. The lowest BCUT2D eigenvalue weighted by molar-refractivity contribution is 0.0945. The molecule has 2 aromatic heterocycles. The van der Waals surface area contributed by atoms with Crippen LogP contribution in [-0.2, 0) is 6.54 Å². The number of hydrogen-bond acceptors (Lipinski definition) is 3. The summed E-state index contributed by atoms with van der Waals surface area (Å²) in [4.78, 5) is 16.2. The van der Waals surface area contributed by atoms with Crippen LogP contribution in [0.1, 0.15) is 16.2 Å². The maximum Gasteiger partial charge on any atom is 0.269 e. The average Bonchev–Trinajstić information content (AvgIpc) is 3.04. The van der Waals surface area contributed by atoms with Crippen molar-refractivity contribution in [3.05, 3.63) is 71.1 Å². The summed E-state index contributed by atoms with van der Waals surface area (Å²) in [5.74, 6) is -0.224. The molecule has 3 rings (SSSR count). The van der Waals surface area contributed by atoms with Gasteiger partial charge >= 0.3 is 0 Å². The lowest BCUT2D eigenvalue weighted by atomic mass is 10.1. The molecule has 5 nitrogen and oxygen atoms in total. The monoisotopic (exact) mass is 312 g/mol. The van der Waals surface area contributed by atoms with Crippen molar-refractivity contribution in [2.24, 2.45) is 0 Å². The normalized spacial score (nSPS) is 10.4. The number of carbonyl (C=O) groups is 1. The Morgan fingerprint density at radius 2 is 2.00 bits per heavy atom. The van der Waals surface area contributed by atoms with Crippen LogP contribution in [0.3, 0.4) is 0 Å². The first kappa shape index (κ1) is 14.3. The molecule has 1 amide bonds. The van der Waals surface area contributed by atoms with Gasteiger partial charge in [0, 0.05) is 16.8 Å². The third kappa shape index (κ3) is 3.32. The summed E-state index contributed by atoms with van der Waals surface area (Å²) in [6.45, 7) is 0.370. The predicted molar refractivity (Wildman–Crippen MR) is 84.4 cm³/mol. The van der Waals surface area contributed by atoms with Crippen LogP contribution in [-0.4, -0.2) is 21.1 Å². The van der Waals surface area contributed by atoms with E-state index in [2.05, 4.69) is 20.5 Å². The van der Waals surface area contributed by atoms with Crippen molar-refractivity contribution in [2.45, 2.75) is 6.54 Å². The second kappa shape index (κ2) is 6.41. The highest BCUT2D eigenvalue weighted by Crippen LogP contribution is 2.20. The van der Waals surface area contributed by atoms with Gasteiger partial charge in [0.05, 0.1) is 17.9 Å². The van der Waals surface area contributed by atoms with Crippen LogP contribution in [0.4, 0.5) is 0 Å². The van der Waals surface area contributed by atoms with Crippen molar-refractivity contribution in [3.8, 4) is 11.3 Å². The SMILES string of the molecule is O=C(NCc1ccccn1)c1cc(-c2ccc(Cl)cc2)n[nH]1. The van der Waals surface area contributed by atoms with Crippen molar-refractivity contribution in [3.63, 3.8) is 0 Å². The number of H-pyrrole nitrogens is 1. The molecule has 0 saturated heterocycles. The highest BCUT2D eigenvalue weighted by Gasteiger charge is 2.11. The van der Waals surface area contributed by atoms with Gasteiger partial charge in [-0.25, -0.2) is 0 Å². The molecule has 0 bridgehead atoms. The average molecular weight is 313 g/mol. The van der Waals surface area contributed by atoms with Crippen LogP contribution < -0.4 is 5.32 Å².